The molecule has 3 atom stereocenters. The van der Waals surface area contributed by atoms with Crippen molar-refractivity contribution in [2.24, 2.45) is 11.3 Å². The van der Waals surface area contributed by atoms with Crippen LogP contribution in [-0.2, 0) is 4.79 Å². The molecule has 0 bridgehead atoms. The molecular formula is C14H26N2O. The lowest BCUT2D eigenvalue weighted by Gasteiger charge is -2.24. The van der Waals surface area contributed by atoms with E-state index in [0.717, 1.165) is 19.4 Å². The summed E-state index contributed by atoms with van der Waals surface area (Å²) in [5.74, 6) is 0.996. The maximum absolute atomic E-state index is 12.5. The van der Waals surface area contributed by atoms with Crippen molar-refractivity contribution in [3.8, 4) is 0 Å². The van der Waals surface area contributed by atoms with Gasteiger partial charge in [-0.2, -0.15) is 0 Å². The molecule has 1 saturated heterocycles. The SMILES string of the molecule is CCC1NC(C)(CC)C(=O)N1CC1CC1(C)C. The Balaban J connectivity index is 2.07. The highest BCUT2D eigenvalue weighted by Crippen LogP contribution is 2.52. The van der Waals surface area contributed by atoms with Crippen molar-refractivity contribution in [1.29, 1.82) is 0 Å². The van der Waals surface area contributed by atoms with Gasteiger partial charge in [0.2, 0.25) is 5.91 Å². The van der Waals surface area contributed by atoms with E-state index in [9.17, 15) is 4.79 Å². The third kappa shape index (κ3) is 2.10. The number of hydrogen-bond acceptors (Lipinski definition) is 2. The number of nitrogens with zero attached hydrogens (tertiary/aromatic N) is 1. The topological polar surface area (TPSA) is 32.3 Å². The maximum Gasteiger partial charge on any atom is 0.243 e. The maximum atomic E-state index is 12.5. The van der Waals surface area contributed by atoms with Crippen LogP contribution in [0, 0.1) is 11.3 Å². The van der Waals surface area contributed by atoms with Gasteiger partial charge in [-0.25, -0.2) is 0 Å². The fourth-order valence-corrected chi connectivity index (χ4v) is 2.88. The zero-order valence-corrected chi connectivity index (χ0v) is 11.8. The molecule has 1 heterocycles. The first-order valence-electron chi connectivity index (χ1n) is 6.93. The van der Waals surface area contributed by atoms with Gasteiger partial charge < -0.3 is 4.90 Å². The van der Waals surface area contributed by atoms with Crippen LogP contribution in [0.15, 0.2) is 0 Å². The van der Waals surface area contributed by atoms with Crippen molar-refractivity contribution in [2.75, 3.05) is 6.54 Å². The molecule has 2 rings (SSSR count). The molecular weight excluding hydrogens is 212 g/mol. The molecule has 3 heteroatoms. The van der Waals surface area contributed by atoms with Crippen LogP contribution in [0.1, 0.15) is 53.9 Å². The van der Waals surface area contributed by atoms with Gasteiger partial charge in [0.15, 0.2) is 0 Å². The number of rotatable bonds is 4. The van der Waals surface area contributed by atoms with Gasteiger partial charge in [-0.15, -0.1) is 0 Å². The number of amides is 1. The standard InChI is InChI=1S/C14H26N2O/c1-6-11-15-14(5,7-2)12(17)16(11)9-10-8-13(10,3)4/h10-11,15H,6-9H2,1-5H3. The van der Waals surface area contributed by atoms with Crippen LogP contribution in [0.3, 0.4) is 0 Å². The molecule has 2 aliphatic rings. The number of carbonyl (C=O) groups is 1. The Labute approximate surface area is 105 Å². The average Bonchev–Trinajstić information content (AvgIpc) is 2.80. The lowest BCUT2D eigenvalue weighted by molar-refractivity contribution is -0.133. The monoisotopic (exact) mass is 238 g/mol. The molecule has 1 N–H and O–H groups in total. The minimum Gasteiger partial charge on any atom is -0.325 e. The molecule has 0 radical (unpaired) electrons. The summed E-state index contributed by atoms with van der Waals surface area (Å²) < 4.78 is 0. The second-order valence-corrected chi connectivity index (χ2v) is 6.60. The predicted molar refractivity (Wildman–Crippen MR) is 69.5 cm³/mol. The van der Waals surface area contributed by atoms with Crippen LogP contribution in [0.25, 0.3) is 0 Å². The predicted octanol–water partition coefficient (Wildman–Crippen LogP) is 2.37. The van der Waals surface area contributed by atoms with E-state index in [1.165, 1.54) is 6.42 Å². The third-order valence-electron chi connectivity index (χ3n) is 4.82. The normalized spacial score (nSPS) is 39.8. The number of carbonyl (C=O) groups excluding carboxylic acids is 1. The first-order chi connectivity index (χ1) is 7.84. The Kier molecular flexibility index (Phi) is 3.01. The van der Waals surface area contributed by atoms with Gasteiger partial charge in [0.05, 0.1) is 11.7 Å². The molecule has 3 nitrogen and oxygen atoms in total. The molecule has 0 spiro atoms. The summed E-state index contributed by atoms with van der Waals surface area (Å²) in [5.41, 5.74) is 0.115. The molecule has 1 aliphatic carbocycles. The Hall–Kier alpha value is -0.570. The summed E-state index contributed by atoms with van der Waals surface area (Å²) >= 11 is 0. The largest absolute Gasteiger partial charge is 0.325 e. The molecule has 0 aromatic rings. The summed E-state index contributed by atoms with van der Waals surface area (Å²) in [4.78, 5) is 14.6. The van der Waals surface area contributed by atoms with Crippen LogP contribution in [0.2, 0.25) is 0 Å². The summed E-state index contributed by atoms with van der Waals surface area (Å²) in [6.45, 7) is 11.8. The highest BCUT2D eigenvalue weighted by Gasteiger charge is 2.52. The minimum absolute atomic E-state index is 0.240. The van der Waals surface area contributed by atoms with Crippen LogP contribution in [-0.4, -0.2) is 29.1 Å². The van der Waals surface area contributed by atoms with Crippen LogP contribution < -0.4 is 5.32 Å². The van der Waals surface area contributed by atoms with E-state index in [1.807, 2.05) is 6.92 Å². The lowest BCUT2D eigenvalue weighted by Crippen LogP contribution is -2.43. The van der Waals surface area contributed by atoms with Gasteiger partial charge in [0.25, 0.3) is 0 Å². The quantitative estimate of drug-likeness (QED) is 0.815. The van der Waals surface area contributed by atoms with Gasteiger partial charge in [-0.3, -0.25) is 10.1 Å². The van der Waals surface area contributed by atoms with Gasteiger partial charge in [-0.05, 0) is 37.5 Å². The zero-order valence-electron chi connectivity index (χ0n) is 11.8. The van der Waals surface area contributed by atoms with E-state index >= 15 is 0 Å². The average molecular weight is 238 g/mol. The van der Waals surface area contributed by atoms with E-state index in [1.54, 1.807) is 0 Å². The molecule has 2 fully saturated rings. The van der Waals surface area contributed by atoms with E-state index in [2.05, 4.69) is 37.9 Å². The summed E-state index contributed by atoms with van der Waals surface area (Å²) in [6, 6.07) is 0. The van der Waals surface area contributed by atoms with E-state index in [4.69, 9.17) is 0 Å². The molecule has 98 valence electrons. The Morgan fingerprint density at radius 1 is 1.35 bits per heavy atom. The fourth-order valence-electron chi connectivity index (χ4n) is 2.88. The molecule has 17 heavy (non-hydrogen) atoms. The van der Waals surface area contributed by atoms with Gasteiger partial charge in [-0.1, -0.05) is 27.7 Å². The first kappa shape index (κ1) is 12.9. The summed E-state index contributed by atoms with van der Waals surface area (Å²) in [7, 11) is 0. The second-order valence-electron chi connectivity index (χ2n) is 6.60. The van der Waals surface area contributed by atoms with E-state index in [0.29, 0.717) is 17.2 Å². The third-order valence-corrected chi connectivity index (χ3v) is 4.82. The lowest BCUT2D eigenvalue weighted by atomic mass is 9.99. The van der Waals surface area contributed by atoms with Crippen molar-refractivity contribution in [3.63, 3.8) is 0 Å². The van der Waals surface area contributed by atoms with Crippen molar-refractivity contribution in [3.05, 3.63) is 0 Å². The number of hydrogen-bond donors (Lipinski definition) is 1. The minimum atomic E-state index is -0.334. The van der Waals surface area contributed by atoms with Crippen LogP contribution >= 0.6 is 0 Å². The van der Waals surface area contributed by atoms with E-state index in [-0.39, 0.29) is 11.7 Å². The Morgan fingerprint density at radius 3 is 2.35 bits per heavy atom. The van der Waals surface area contributed by atoms with Crippen LogP contribution in [0.4, 0.5) is 0 Å². The highest BCUT2D eigenvalue weighted by molar-refractivity contribution is 5.88. The number of nitrogens with one attached hydrogen (secondary N) is 1. The Morgan fingerprint density at radius 2 is 1.94 bits per heavy atom. The summed E-state index contributed by atoms with van der Waals surface area (Å²) in [5, 5.41) is 3.50. The molecule has 0 aromatic heterocycles. The second kappa shape index (κ2) is 3.98. The van der Waals surface area contributed by atoms with Gasteiger partial charge in [0, 0.05) is 6.54 Å². The smallest absolute Gasteiger partial charge is 0.243 e. The molecule has 1 aliphatic heterocycles. The van der Waals surface area contributed by atoms with Gasteiger partial charge in [0.1, 0.15) is 0 Å². The van der Waals surface area contributed by atoms with Crippen molar-refractivity contribution in [2.45, 2.75) is 65.6 Å². The molecule has 0 aromatic carbocycles. The first-order valence-corrected chi connectivity index (χ1v) is 6.93. The van der Waals surface area contributed by atoms with Crippen LogP contribution in [0.5, 0.6) is 0 Å². The van der Waals surface area contributed by atoms with Crippen molar-refractivity contribution >= 4 is 5.91 Å². The Bertz CT molecular complexity index is 326. The van der Waals surface area contributed by atoms with Gasteiger partial charge >= 0.3 is 0 Å². The fraction of sp³-hybridized carbons (Fsp3) is 0.929. The van der Waals surface area contributed by atoms with Crippen molar-refractivity contribution < 1.29 is 4.79 Å². The van der Waals surface area contributed by atoms with Crippen molar-refractivity contribution in [1.82, 2.24) is 10.2 Å². The molecule has 1 saturated carbocycles. The molecule has 1 amide bonds. The zero-order chi connectivity index (χ0) is 12.8. The molecule has 3 unspecified atom stereocenters. The summed E-state index contributed by atoms with van der Waals surface area (Å²) in [6.07, 6.45) is 3.36. The highest BCUT2D eigenvalue weighted by atomic mass is 16.2. The van der Waals surface area contributed by atoms with E-state index < -0.39 is 0 Å².